The van der Waals surface area contributed by atoms with Gasteiger partial charge in [0.25, 0.3) is 0 Å². The highest BCUT2D eigenvalue weighted by Gasteiger charge is 2.31. The van der Waals surface area contributed by atoms with Gasteiger partial charge in [0.2, 0.25) is 15.9 Å². The topological polar surface area (TPSA) is 75.7 Å². The van der Waals surface area contributed by atoms with Crippen molar-refractivity contribution in [1.29, 1.82) is 0 Å². The lowest BCUT2D eigenvalue weighted by Crippen LogP contribution is -2.42. The molecule has 0 spiro atoms. The number of benzene rings is 2. The third-order valence-corrected chi connectivity index (χ3v) is 6.36. The molecule has 1 aliphatic heterocycles. The zero-order chi connectivity index (χ0) is 19.4. The first kappa shape index (κ1) is 19.5. The maximum Gasteiger partial charge on any atom is 0.243 e. The van der Waals surface area contributed by atoms with Gasteiger partial charge in [-0.05, 0) is 29.8 Å². The number of carbonyl (C=O) groups excluding carboxylic acids is 1. The summed E-state index contributed by atoms with van der Waals surface area (Å²) in [7, 11) is -3.62. The van der Waals surface area contributed by atoms with Crippen molar-refractivity contribution < 1.29 is 17.9 Å². The maximum atomic E-state index is 13.0. The minimum absolute atomic E-state index is 0.107. The minimum Gasteiger partial charge on any atom is -0.371 e. The Kier molecular flexibility index (Phi) is 5.94. The largest absolute Gasteiger partial charge is 0.371 e. The quantitative estimate of drug-likeness (QED) is 0.854. The van der Waals surface area contributed by atoms with Crippen LogP contribution in [0.15, 0.2) is 59.5 Å². The average Bonchev–Trinajstić information content (AvgIpc) is 2.69. The molecule has 3 rings (SSSR count). The van der Waals surface area contributed by atoms with Crippen LogP contribution in [0.2, 0.25) is 0 Å². The molecule has 0 aliphatic carbocycles. The van der Waals surface area contributed by atoms with E-state index in [9.17, 15) is 13.2 Å². The van der Waals surface area contributed by atoms with E-state index in [0.717, 1.165) is 5.56 Å². The molecule has 1 heterocycles. The molecule has 1 atom stereocenters. The number of nitrogens with one attached hydrogen (secondary N) is 1. The molecule has 144 valence electrons. The van der Waals surface area contributed by atoms with E-state index in [4.69, 9.17) is 4.74 Å². The van der Waals surface area contributed by atoms with E-state index in [1.807, 2.05) is 30.3 Å². The predicted molar refractivity (Wildman–Crippen MR) is 104 cm³/mol. The van der Waals surface area contributed by atoms with Crippen LogP contribution in [0.25, 0.3) is 0 Å². The Balaban J connectivity index is 1.74. The van der Waals surface area contributed by atoms with Crippen LogP contribution in [0.4, 0.5) is 5.69 Å². The second-order valence-corrected chi connectivity index (χ2v) is 8.74. The van der Waals surface area contributed by atoms with Crippen LogP contribution in [-0.2, 0) is 19.6 Å². The molecule has 1 amide bonds. The highest BCUT2D eigenvalue weighted by atomic mass is 32.2. The summed E-state index contributed by atoms with van der Waals surface area (Å²) >= 11 is 0. The smallest absolute Gasteiger partial charge is 0.243 e. The maximum absolute atomic E-state index is 13.0. The molecule has 0 aromatic heterocycles. The van der Waals surface area contributed by atoms with Gasteiger partial charge in [0, 0.05) is 24.7 Å². The minimum atomic E-state index is -3.62. The SMILES string of the molecule is CC(C)C(=O)Nc1ccc(S(=O)(=O)N2CCO[C@H](c3ccccc3)C2)cc1. The molecule has 6 nitrogen and oxygen atoms in total. The Morgan fingerprint density at radius 1 is 1.11 bits per heavy atom. The Morgan fingerprint density at radius 2 is 1.78 bits per heavy atom. The summed E-state index contributed by atoms with van der Waals surface area (Å²) < 4.78 is 33.2. The second kappa shape index (κ2) is 8.21. The van der Waals surface area contributed by atoms with Crippen molar-refractivity contribution in [3.05, 3.63) is 60.2 Å². The molecular formula is C20H24N2O4S. The van der Waals surface area contributed by atoms with E-state index >= 15 is 0 Å². The number of rotatable bonds is 5. The van der Waals surface area contributed by atoms with Crippen molar-refractivity contribution >= 4 is 21.6 Å². The van der Waals surface area contributed by atoms with Crippen LogP contribution in [0.1, 0.15) is 25.5 Å². The number of ether oxygens (including phenoxy) is 1. The molecule has 2 aromatic carbocycles. The molecule has 1 fully saturated rings. The first-order valence-corrected chi connectivity index (χ1v) is 10.4. The molecule has 0 unspecified atom stereocenters. The van der Waals surface area contributed by atoms with Gasteiger partial charge in [-0.2, -0.15) is 4.31 Å². The third-order valence-electron chi connectivity index (χ3n) is 4.48. The molecular weight excluding hydrogens is 364 g/mol. The molecule has 27 heavy (non-hydrogen) atoms. The number of hydrogen-bond acceptors (Lipinski definition) is 4. The molecule has 1 saturated heterocycles. The normalized spacial score (nSPS) is 18.4. The lowest BCUT2D eigenvalue weighted by Gasteiger charge is -2.32. The summed E-state index contributed by atoms with van der Waals surface area (Å²) in [6.45, 7) is 4.54. The van der Waals surface area contributed by atoms with Gasteiger partial charge in [0.1, 0.15) is 0 Å². The van der Waals surface area contributed by atoms with E-state index in [1.165, 1.54) is 16.4 Å². The van der Waals surface area contributed by atoms with Crippen LogP contribution >= 0.6 is 0 Å². The molecule has 1 N–H and O–H groups in total. The highest BCUT2D eigenvalue weighted by molar-refractivity contribution is 7.89. The number of anilines is 1. The van der Waals surface area contributed by atoms with Crippen molar-refractivity contribution in [1.82, 2.24) is 4.31 Å². The third kappa shape index (κ3) is 4.55. The Labute approximate surface area is 160 Å². The summed E-state index contributed by atoms with van der Waals surface area (Å²) in [5.41, 5.74) is 1.54. The number of morpholine rings is 1. The fourth-order valence-corrected chi connectivity index (χ4v) is 4.28. The second-order valence-electron chi connectivity index (χ2n) is 6.80. The van der Waals surface area contributed by atoms with Gasteiger partial charge in [0.05, 0.1) is 17.6 Å². The van der Waals surface area contributed by atoms with E-state index in [0.29, 0.717) is 18.8 Å². The first-order chi connectivity index (χ1) is 12.9. The van der Waals surface area contributed by atoms with Gasteiger partial charge in [-0.1, -0.05) is 44.2 Å². The standard InChI is InChI=1S/C20H24N2O4S/c1-15(2)20(23)21-17-8-10-18(11-9-17)27(24,25)22-12-13-26-19(14-22)16-6-4-3-5-7-16/h3-11,15,19H,12-14H2,1-2H3,(H,21,23)/t19-/m0/s1. The Bertz CT molecular complexity index is 880. The molecule has 1 aliphatic rings. The van der Waals surface area contributed by atoms with Crippen LogP contribution < -0.4 is 5.32 Å². The van der Waals surface area contributed by atoms with Crippen molar-refractivity contribution in [2.75, 3.05) is 25.0 Å². The summed E-state index contributed by atoms with van der Waals surface area (Å²) in [6.07, 6.45) is -0.278. The van der Waals surface area contributed by atoms with Crippen molar-refractivity contribution in [3.63, 3.8) is 0 Å². The van der Waals surface area contributed by atoms with Gasteiger partial charge in [-0.25, -0.2) is 8.42 Å². The molecule has 2 aromatic rings. The predicted octanol–water partition coefficient (Wildman–Crippen LogP) is 3.04. The van der Waals surface area contributed by atoms with E-state index in [-0.39, 0.29) is 29.4 Å². The fraction of sp³-hybridized carbons (Fsp3) is 0.350. The number of amides is 1. The van der Waals surface area contributed by atoms with Crippen LogP contribution in [0, 0.1) is 5.92 Å². The Morgan fingerprint density at radius 3 is 2.41 bits per heavy atom. The first-order valence-electron chi connectivity index (χ1n) is 8.95. The molecule has 0 bridgehead atoms. The van der Waals surface area contributed by atoms with Crippen molar-refractivity contribution in [2.45, 2.75) is 24.8 Å². The lowest BCUT2D eigenvalue weighted by molar-refractivity contribution is -0.118. The van der Waals surface area contributed by atoms with Crippen LogP contribution in [-0.4, -0.2) is 38.3 Å². The fourth-order valence-electron chi connectivity index (χ4n) is 2.86. The van der Waals surface area contributed by atoms with Gasteiger partial charge < -0.3 is 10.1 Å². The number of hydrogen-bond donors (Lipinski definition) is 1. The van der Waals surface area contributed by atoms with E-state index in [2.05, 4.69) is 5.32 Å². The monoisotopic (exact) mass is 388 g/mol. The van der Waals surface area contributed by atoms with Crippen LogP contribution in [0.5, 0.6) is 0 Å². The number of carbonyl (C=O) groups is 1. The number of sulfonamides is 1. The van der Waals surface area contributed by atoms with Gasteiger partial charge in [0.15, 0.2) is 0 Å². The number of nitrogens with zero attached hydrogens (tertiary/aromatic N) is 1. The zero-order valence-electron chi connectivity index (χ0n) is 15.5. The zero-order valence-corrected chi connectivity index (χ0v) is 16.3. The van der Waals surface area contributed by atoms with Gasteiger partial charge in [-0.3, -0.25) is 4.79 Å². The van der Waals surface area contributed by atoms with Crippen molar-refractivity contribution in [2.24, 2.45) is 5.92 Å². The summed E-state index contributed by atoms with van der Waals surface area (Å²) in [6, 6.07) is 15.9. The van der Waals surface area contributed by atoms with Crippen molar-refractivity contribution in [3.8, 4) is 0 Å². The summed E-state index contributed by atoms with van der Waals surface area (Å²) in [5.74, 6) is -0.249. The molecule has 7 heteroatoms. The average molecular weight is 388 g/mol. The Hall–Kier alpha value is -2.22. The van der Waals surface area contributed by atoms with Gasteiger partial charge in [-0.15, -0.1) is 0 Å². The summed E-state index contributed by atoms with van der Waals surface area (Å²) in [4.78, 5) is 12.0. The van der Waals surface area contributed by atoms with E-state index in [1.54, 1.807) is 26.0 Å². The lowest BCUT2D eigenvalue weighted by atomic mass is 10.1. The van der Waals surface area contributed by atoms with Gasteiger partial charge >= 0.3 is 0 Å². The van der Waals surface area contributed by atoms with Crippen LogP contribution in [0.3, 0.4) is 0 Å². The molecule has 0 radical (unpaired) electrons. The molecule has 0 saturated carbocycles. The van der Waals surface area contributed by atoms with E-state index < -0.39 is 10.0 Å². The summed E-state index contributed by atoms with van der Waals surface area (Å²) in [5, 5.41) is 2.76. The highest BCUT2D eigenvalue weighted by Crippen LogP contribution is 2.27.